The van der Waals surface area contributed by atoms with E-state index in [1.807, 2.05) is 12.1 Å². The average molecular weight is 557 g/mol. The van der Waals surface area contributed by atoms with Crippen LogP contribution in [-0.2, 0) is 28.6 Å². The minimum Gasteiger partial charge on any atom is -0.327 e. The van der Waals surface area contributed by atoms with Crippen LogP contribution in [0.1, 0.15) is 35.3 Å². The molecule has 1 unspecified atom stereocenters. The molecule has 210 valence electrons. The molecule has 41 heavy (non-hydrogen) atoms. The zero-order chi connectivity index (χ0) is 29.2. The van der Waals surface area contributed by atoms with Crippen LogP contribution in [0, 0.1) is 0 Å². The van der Waals surface area contributed by atoms with E-state index >= 15 is 13.2 Å². The van der Waals surface area contributed by atoms with Gasteiger partial charge in [-0.25, -0.2) is 4.39 Å². The minimum atomic E-state index is -3.67. The number of nitrogens with one attached hydrogen (secondary N) is 1. The van der Waals surface area contributed by atoms with Crippen LogP contribution in [0.3, 0.4) is 0 Å². The lowest BCUT2D eigenvalue weighted by Crippen LogP contribution is -2.50. The third-order valence-corrected chi connectivity index (χ3v) is 6.58. The largest absolute Gasteiger partial charge is 0.327 e. The molecule has 4 aromatic carbocycles. The summed E-state index contributed by atoms with van der Waals surface area (Å²) in [6.45, 7) is 1.22. The van der Waals surface area contributed by atoms with E-state index in [4.69, 9.17) is 0 Å². The second-order valence-electron chi connectivity index (χ2n) is 9.72. The van der Waals surface area contributed by atoms with Gasteiger partial charge in [0, 0.05) is 31.7 Å². The van der Waals surface area contributed by atoms with Crippen LogP contribution in [-0.4, -0.2) is 22.6 Å². The Morgan fingerprint density at radius 1 is 0.756 bits per heavy atom. The van der Waals surface area contributed by atoms with Crippen LogP contribution in [0.4, 0.5) is 13.2 Å². The van der Waals surface area contributed by atoms with Crippen molar-refractivity contribution in [2.75, 3.05) is 0 Å². The summed E-state index contributed by atoms with van der Waals surface area (Å²) in [7, 11) is 0. The first-order chi connectivity index (χ1) is 19.8. The molecule has 0 aliphatic carbocycles. The van der Waals surface area contributed by atoms with Crippen LogP contribution < -0.4 is 5.32 Å². The summed E-state index contributed by atoms with van der Waals surface area (Å²) < 4.78 is 48.6. The fraction of sp³-hybridized carbons (Fsp3) is 0.176. The third-order valence-electron chi connectivity index (χ3n) is 6.58. The van der Waals surface area contributed by atoms with Gasteiger partial charge in [-0.2, -0.15) is 8.78 Å². The van der Waals surface area contributed by atoms with Crippen molar-refractivity contribution in [3.63, 3.8) is 0 Å². The smallest absolute Gasteiger partial charge is 0.295 e. The summed E-state index contributed by atoms with van der Waals surface area (Å²) in [6, 6.07) is 31.0. The summed E-state index contributed by atoms with van der Waals surface area (Å²) in [6.07, 6.45) is -1.10. The number of allylic oxidation sites excluding steroid dienone is 1. The predicted octanol–water partition coefficient (Wildman–Crippen LogP) is 7.15. The van der Waals surface area contributed by atoms with Gasteiger partial charge in [-0.3, -0.25) is 14.5 Å². The highest BCUT2D eigenvalue weighted by Crippen LogP contribution is 2.37. The number of amides is 1. The quantitative estimate of drug-likeness (QED) is 0.189. The van der Waals surface area contributed by atoms with Gasteiger partial charge in [-0.05, 0) is 16.7 Å². The molecule has 0 saturated carbocycles. The highest BCUT2D eigenvalue weighted by molar-refractivity contribution is 5.96. The lowest BCUT2D eigenvalue weighted by molar-refractivity contribution is -0.141. The molecule has 0 aliphatic rings. The summed E-state index contributed by atoms with van der Waals surface area (Å²) in [5.41, 5.74) is 0.880. The van der Waals surface area contributed by atoms with Crippen LogP contribution in [0.2, 0.25) is 0 Å². The lowest BCUT2D eigenvalue weighted by atomic mass is 9.93. The summed E-state index contributed by atoms with van der Waals surface area (Å²) in [5, 5.41) is 2.36. The SMILES string of the molecule is CC(=O)NC(=CC(=O)[C@H](N(Cc1ccccc1)Cc1ccccc1)C(F)(F)c1ccccc1)C(F)c1ccccc1. The van der Waals surface area contributed by atoms with E-state index in [-0.39, 0.29) is 24.2 Å². The topological polar surface area (TPSA) is 49.4 Å². The Bertz CT molecular complexity index is 1410. The number of nitrogens with zero attached hydrogens (tertiary/aromatic N) is 1. The number of carbonyl (C=O) groups is 2. The minimum absolute atomic E-state index is 0.0234. The van der Waals surface area contributed by atoms with E-state index in [1.165, 1.54) is 48.2 Å². The van der Waals surface area contributed by atoms with E-state index in [0.29, 0.717) is 0 Å². The van der Waals surface area contributed by atoms with Crippen molar-refractivity contribution in [1.29, 1.82) is 0 Å². The maximum Gasteiger partial charge on any atom is 0.295 e. The van der Waals surface area contributed by atoms with Crippen LogP contribution in [0.15, 0.2) is 133 Å². The zero-order valence-corrected chi connectivity index (χ0v) is 22.6. The monoisotopic (exact) mass is 556 g/mol. The summed E-state index contributed by atoms with van der Waals surface area (Å²) >= 11 is 0. The van der Waals surface area contributed by atoms with Gasteiger partial charge >= 0.3 is 0 Å². The number of halogens is 3. The molecule has 0 aromatic heterocycles. The fourth-order valence-electron chi connectivity index (χ4n) is 4.69. The maximum atomic E-state index is 16.5. The molecule has 4 aromatic rings. The van der Waals surface area contributed by atoms with Gasteiger partial charge in [0.2, 0.25) is 5.91 Å². The number of hydrogen-bond acceptors (Lipinski definition) is 3. The molecule has 7 heteroatoms. The Kier molecular flexibility index (Phi) is 9.87. The second kappa shape index (κ2) is 13.7. The molecule has 0 spiro atoms. The number of hydrogen-bond donors (Lipinski definition) is 1. The van der Waals surface area contributed by atoms with Gasteiger partial charge in [-0.1, -0.05) is 121 Å². The second-order valence-corrected chi connectivity index (χ2v) is 9.72. The molecule has 4 nitrogen and oxygen atoms in total. The molecular weight excluding hydrogens is 525 g/mol. The molecule has 0 radical (unpaired) electrons. The summed E-state index contributed by atoms with van der Waals surface area (Å²) in [5.74, 6) is -5.33. The first kappa shape index (κ1) is 29.5. The van der Waals surface area contributed by atoms with Gasteiger partial charge in [0.25, 0.3) is 5.92 Å². The van der Waals surface area contributed by atoms with Crippen LogP contribution in [0.5, 0.6) is 0 Å². The van der Waals surface area contributed by atoms with Crippen molar-refractivity contribution in [3.8, 4) is 0 Å². The molecule has 1 N–H and O–H groups in total. The Hall–Kier alpha value is -4.49. The van der Waals surface area contributed by atoms with Crippen molar-refractivity contribution in [2.45, 2.75) is 38.1 Å². The average Bonchev–Trinajstić information content (AvgIpc) is 2.98. The highest BCUT2D eigenvalue weighted by atomic mass is 19.3. The molecule has 0 saturated heterocycles. The number of rotatable bonds is 12. The molecule has 0 fully saturated rings. The van der Waals surface area contributed by atoms with Crippen molar-refractivity contribution in [2.24, 2.45) is 0 Å². The Morgan fingerprint density at radius 2 is 1.20 bits per heavy atom. The number of alkyl halides is 3. The van der Waals surface area contributed by atoms with Crippen LogP contribution in [0.25, 0.3) is 0 Å². The molecular formula is C34H31F3N2O2. The molecule has 0 heterocycles. The van der Waals surface area contributed by atoms with Gasteiger partial charge in [0.05, 0.1) is 5.70 Å². The maximum absolute atomic E-state index is 16.5. The normalized spacial score (nSPS) is 13.4. The highest BCUT2D eigenvalue weighted by Gasteiger charge is 2.48. The van der Waals surface area contributed by atoms with Gasteiger partial charge in [-0.15, -0.1) is 0 Å². The molecule has 0 aliphatic heterocycles. The van der Waals surface area contributed by atoms with Crippen molar-refractivity contribution in [1.82, 2.24) is 10.2 Å². The van der Waals surface area contributed by atoms with Gasteiger partial charge < -0.3 is 5.32 Å². The Balaban J connectivity index is 1.84. The first-order valence-corrected chi connectivity index (χ1v) is 13.2. The number of benzene rings is 4. The molecule has 4 rings (SSSR count). The van der Waals surface area contributed by atoms with Gasteiger partial charge in [0.1, 0.15) is 6.04 Å². The fourth-order valence-corrected chi connectivity index (χ4v) is 4.69. The van der Waals surface area contributed by atoms with Crippen molar-refractivity contribution >= 4 is 11.7 Å². The zero-order valence-electron chi connectivity index (χ0n) is 22.6. The van der Waals surface area contributed by atoms with Crippen LogP contribution >= 0.6 is 0 Å². The van der Waals surface area contributed by atoms with Crippen molar-refractivity contribution in [3.05, 3.63) is 155 Å². The van der Waals surface area contributed by atoms with Crippen molar-refractivity contribution < 1.29 is 22.8 Å². The van der Waals surface area contributed by atoms with E-state index in [9.17, 15) is 9.59 Å². The van der Waals surface area contributed by atoms with E-state index in [1.54, 1.807) is 72.8 Å². The van der Waals surface area contributed by atoms with E-state index in [0.717, 1.165) is 17.2 Å². The predicted molar refractivity (Wildman–Crippen MR) is 153 cm³/mol. The first-order valence-electron chi connectivity index (χ1n) is 13.2. The lowest BCUT2D eigenvalue weighted by Gasteiger charge is -2.36. The Morgan fingerprint density at radius 3 is 1.66 bits per heavy atom. The summed E-state index contributed by atoms with van der Waals surface area (Å²) in [4.78, 5) is 27.4. The van der Waals surface area contributed by atoms with E-state index < -0.39 is 35.5 Å². The number of carbonyl (C=O) groups excluding carboxylic acids is 2. The molecule has 1 amide bonds. The molecule has 2 atom stereocenters. The standard InChI is InChI=1S/C34H31F3N2O2/c1-25(40)38-30(32(35)28-18-10-4-11-19-28)22-31(41)33(34(36,37)29-20-12-5-13-21-29)39(23-26-14-6-2-7-15-26)24-27-16-8-3-9-17-27/h2-22,32-33H,23-24H2,1H3,(H,38,40)/t32?,33-/m0/s1. The van der Waals surface area contributed by atoms with E-state index in [2.05, 4.69) is 5.32 Å². The Labute approximate surface area is 238 Å². The number of ketones is 1. The van der Waals surface area contributed by atoms with Gasteiger partial charge in [0.15, 0.2) is 12.0 Å². The third kappa shape index (κ3) is 7.80. The molecule has 0 bridgehead atoms.